The van der Waals surface area contributed by atoms with E-state index in [-0.39, 0.29) is 39.6 Å². The van der Waals surface area contributed by atoms with Gasteiger partial charge in [0.05, 0.1) is 22.8 Å². The SMILES string of the molecule is CCOc1cc(/C=N\NC(=O)c2ccc(NC(=O)c3cccc(C)c3)cc2)ccc1OC(=O)c1sc2cc([N+](=O)[O-])ccc2c1Cl. The maximum atomic E-state index is 13.0. The molecule has 0 atom stereocenters. The van der Waals surface area contributed by atoms with Crippen LogP contribution in [0.15, 0.2) is 90.0 Å². The number of nitro groups is 1. The van der Waals surface area contributed by atoms with Crippen molar-refractivity contribution in [1.29, 1.82) is 0 Å². The monoisotopic (exact) mass is 656 g/mol. The van der Waals surface area contributed by atoms with Crippen molar-refractivity contribution in [2.45, 2.75) is 13.8 Å². The van der Waals surface area contributed by atoms with Gasteiger partial charge in [-0.05, 0) is 80.1 Å². The number of benzene rings is 4. The number of anilines is 1. The second kappa shape index (κ2) is 14.0. The highest BCUT2D eigenvalue weighted by Crippen LogP contribution is 2.38. The number of rotatable bonds is 10. The van der Waals surface area contributed by atoms with E-state index in [4.69, 9.17) is 21.1 Å². The Bertz CT molecular complexity index is 2010. The lowest BCUT2D eigenvalue weighted by Crippen LogP contribution is -2.18. The first-order chi connectivity index (χ1) is 22.1. The van der Waals surface area contributed by atoms with E-state index >= 15 is 0 Å². The second-order valence-electron chi connectivity index (χ2n) is 9.81. The fraction of sp³-hybridized carbons (Fsp3) is 0.0909. The zero-order valence-electron chi connectivity index (χ0n) is 24.4. The van der Waals surface area contributed by atoms with Crippen LogP contribution in [-0.2, 0) is 0 Å². The van der Waals surface area contributed by atoms with Gasteiger partial charge < -0.3 is 14.8 Å². The van der Waals surface area contributed by atoms with Gasteiger partial charge in [-0.15, -0.1) is 11.3 Å². The number of fused-ring (bicyclic) bond motifs is 1. The molecule has 0 saturated carbocycles. The number of amides is 2. The molecule has 2 amide bonds. The van der Waals surface area contributed by atoms with Crippen LogP contribution in [0.5, 0.6) is 11.5 Å². The molecule has 0 aliphatic rings. The lowest BCUT2D eigenvalue weighted by atomic mass is 10.1. The van der Waals surface area contributed by atoms with Crippen LogP contribution in [0.4, 0.5) is 11.4 Å². The first kappa shape index (κ1) is 31.8. The molecule has 0 bridgehead atoms. The number of halogens is 1. The number of carbonyl (C=O) groups excluding carboxylic acids is 3. The Balaban J connectivity index is 1.22. The van der Waals surface area contributed by atoms with Gasteiger partial charge in [-0.2, -0.15) is 5.10 Å². The summed E-state index contributed by atoms with van der Waals surface area (Å²) in [6.07, 6.45) is 1.40. The van der Waals surface area contributed by atoms with Gasteiger partial charge in [-0.3, -0.25) is 19.7 Å². The smallest absolute Gasteiger partial charge is 0.355 e. The third kappa shape index (κ3) is 7.37. The van der Waals surface area contributed by atoms with E-state index in [1.54, 1.807) is 55.5 Å². The molecular weight excluding hydrogens is 632 g/mol. The van der Waals surface area contributed by atoms with Gasteiger partial charge in [-0.1, -0.05) is 29.3 Å². The minimum Gasteiger partial charge on any atom is -0.490 e. The van der Waals surface area contributed by atoms with Crippen LogP contribution in [-0.4, -0.2) is 35.5 Å². The number of carbonyl (C=O) groups is 3. The number of thiophene rings is 1. The van der Waals surface area contributed by atoms with Crippen LogP contribution in [0.25, 0.3) is 10.1 Å². The summed E-state index contributed by atoms with van der Waals surface area (Å²) in [5.74, 6) is -1.09. The van der Waals surface area contributed by atoms with E-state index in [9.17, 15) is 24.5 Å². The Morgan fingerprint density at radius 1 is 0.957 bits per heavy atom. The van der Waals surface area contributed by atoms with Crippen molar-refractivity contribution in [2.24, 2.45) is 5.10 Å². The lowest BCUT2D eigenvalue weighted by molar-refractivity contribution is -0.384. The number of non-ortho nitro benzene ring substituents is 1. The number of hydrogen-bond acceptors (Lipinski definition) is 9. The van der Waals surface area contributed by atoms with Crippen molar-refractivity contribution >= 4 is 68.4 Å². The normalized spacial score (nSPS) is 10.9. The average Bonchev–Trinajstić information content (AvgIpc) is 3.38. The van der Waals surface area contributed by atoms with Crippen molar-refractivity contribution in [1.82, 2.24) is 5.43 Å². The number of hydrazone groups is 1. The molecule has 0 radical (unpaired) electrons. The number of nitrogens with zero attached hydrogens (tertiary/aromatic N) is 2. The molecule has 5 rings (SSSR count). The largest absolute Gasteiger partial charge is 0.490 e. The zero-order valence-corrected chi connectivity index (χ0v) is 26.0. The molecular formula is C33H25ClN4O7S. The maximum Gasteiger partial charge on any atom is 0.355 e. The Morgan fingerprint density at radius 3 is 2.46 bits per heavy atom. The van der Waals surface area contributed by atoms with E-state index in [1.807, 2.05) is 19.1 Å². The molecule has 0 fully saturated rings. The summed E-state index contributed by atoms with van der Waals surface area (Å²) in [7, 11) is 0. The highest BCUT2D eigenvalue weighted by atomic mass is 35.5. The number of esters is 1. The molecule has 4 aromatic carbocycles. The molecule has 0 aliphatic carbocycles. The van der Waals surface area contributed by atoms with E-state index in [2.05, 4.69) is 15.8 Å². The third-order valence-corrected chi connectivity index (χ3v) is 8.18. The first-order valence-electron chi connectivity index (χ1n) is 13.8. The summed E-state index contributed by atoms with van der Waals surface area (Å²) in [5.41, 5.74) is 5.25. The highest BCUT2D eigenvalue weighted by molar-refractivity contribution is 7.21. The topological polar surface area (TPSA) is 149 Å². The highest BCUT2D eigenvalue weighted by Gasteiger charge is 2.22. The number of hydrogen-bond donors (Lipinski definition) is 2. The Morgan fingerprint density at radius 2 is 1.74 bits per heavy atom. The van der Waals surface area contributed by atoms with Gasteiger partial charge >= 0.3 is 5.97 Å². The molecule has 232 valence electrons. The average molecular weight is 657 g/mol. The van der Waals surface area contributed by atoms with Crippen LogP contribution >= 0.6 is 22.9 Å². The lowest BCUT2D eigenvalue weighted by Gasteiger charge is -2.11. The summed E-state index contributed by atoms with van der Waals surface area (Å²) in [6, 6.07) is 22.5. The fourth-order valence-electron chi connectivity index (χ4n) is 4.33. The molecule has 0 unspecified atom stereocenters. The summed E-state index contributed by atoms with van der Waals surface area (Å²) in [6.45, 7) is 3.95. The standard InChI is InChI=1S/C33H25ClN4O7S/c1-3-44-27-16-20(7-14-26(27)45-33(41)30-29(34)25-13-12-24(38(42)43)17-28(25)46-30)18-35-37-32(40)21-8-10-23(11-9-21)36-31(39)22-6-4-5-19(2)15-22/h4-18H,3H2,1-2H3,(H,36,39)(H,37,40)/b35-18-. The number of nitrogens with one attached hydrogen (secondary N) is 2. The third-order valence-electron chi connectivity index (χ3n) is 6.54. The molecule has 0 saturated heterocycles. The van der Waals surface area contributed by atoms with Crippen molar-refractivity contribution in [2.75, 3.05) is 11.9 Å². The van der Waals surface area contributed by atoms with Gasteiger partial charge in [0, 0.05) is 39.0 Å². The van der Waals surface area contributed by atoms with E-state index in [1.165, 1.54) is 30.5 Å². The summed E-state index contributed by atoms with van der Waals surface area (Å²) in [5, 5.41) is 18.6. The molecule has 0 aliphatic heterocycles. The van der Waals surface area contributed by atoms with Gasteiger partial charge in [-0.25, -0.2) is 10.2 Å². The Hall–Kier alpha value is -5.59. The van der Waals surface area contributed by atoms with Gasteiger partial charge in [0.2, 0.25) is 0 Å². The van der Waals surface area contributed by atoms with Gasteiger partial charge in [0.15, 0.2) is 11.5 Å². The molecule has 5 aromatic rings. The van der Waals surface area contributed by atoms with Crippen LogP contribution in [0.3, 0.4) is 0 Å². The summed E-state index contributed by atoms with van der Waals surface area (Å²) < 4.78 is 11.7. The predicted octanol–water partition coefficient (Wildman–Crippen LogP) is 7.41. The molecule has 11 nitrogen and oxygen atoms in total. The summed E-state index contributed by atoms with van der Waals surface area (Å²) in [4.78, 5) is 48.8. The number of aryl methyl sites for hydroxylation is 1. The van der Waals surface area contributed by atoms with Crippen molar-refractivity contribution < 1.29 is 28.8 Å². The minimum atomic E-state index is -0.746. The molecule has 1 heterocycles. The minimum absolute atomic E-state index is 0.0923. The molecule has 46 heavy (non-hydrogen) atoms. The zero-order chi connectivity index (χ0) is 32.8. The van der Waals surface area contributed by atoms with Crippen LogP contribution < -0.4 is 20.2 Å². The van der Waals surface area contributed by atoms with E-state index in [0.29, 0.717) is 32.5 Å². The summed E-state index contributed by atoms with van der Waals surface area (Å²) >= 11 is 7.39. The number of nitro benzene ring substituents is 1. The van der Waals surface area contributed by atoms with Gasteiger partial charge in [0.1, 0.15) is 4.88 Å². The van der Waals surface area contributed by atoms with Crippen LogP contribution in [0.2, 0.25) is 5.02 Å². The quantitative estimate of drug-likeness (QED) is 0.0523. The van der Waals surface area contributed by atoms with Crippen molar-refractivity contribution in [3.63, 3.8) is 0 Å². The first-order valence-corrected chi connectivity index (χ1v) is 15.0. The van der Waals surface area contributed by atoms with Gasteiger partial charge in [0.25, 0.3) is 17.5 Å². The molecule has 2 N–H and O–H groups in total. The fourth-order valence-corrected chi connectivity index (χ4v) is 5.74. The second-order valence-corrected chi connectivity index (χ2v) is 11.2. The van der Waals surface area contributed by atoms with Crippen molar-refractivity contribution in [3.05, 3.63) is 127 Å². The van der Waals surface area contributed by atoms with E-state index < -0.39 is 16.8 Å². The maximum absolute atomic E-state index is 13.0. The van der Waals surface area contributed by atoms with Crippen LogP contribution in [0.1, 0.15) is 48.4 Å². The van der Waals surface area contributed by atoms with Crippen LogP contribution in [0, 0.1) is 17.0 Å². The molecule has 0 spiro atoms. The number of ether oxygens (including phenoxy) is 2. The molecule has 13 heteroatoms. The predicted molar refractivity (Wildman–Crippen MR) is 177 cm³/mol. The van der Waals surface area contributed by atoms with Crippen molar-refractivity contribution in [3.8, 4) is 11.5 Å². The Labute approximate surface area is 271 Å². The van der Waals surface area contributed by atoms with E-state index in [0.717, 1.165) is 16.9 Å². The Kier molecular flexibility index (Phi) is 9.70. The molecule has 1 aromatic heterocycles.